The number of ether oxygens (including phenoxy) is 16. The molecule has 9 fully saturated rings. The molecule has 10 heterocycles. The van der Waals surface area contributed by atoms with E-state index >= 15 is 0 Å². The van der Waals surface area contributed by atoms with E-state index in [2.05, 4.69) is 31.1 Å². The normalized spacial score (nSPS) is 41.5. The lowest BCUT2D eigenvalue weighted by Gasteiger charge is -2.41. The topological polar surface area (TPSA) is 510 Å². The number of aromatic nitrogens is 2. The van der Waals surface area contributed by atoms with Crippen LogP contribution in [0.4, 0.5) is 0 Å². The zero-order valence-corrected chi connectivity index (χ0v) is 52.3. The van der Waals surface area contributed by atoms with Gasteiger partial charge in [-0.15, -0.1) is 19.3 Å². The lowest BCUT2D eigenvalue weighted by molar-refractivity contribution is -0.303. The molecule has 9 saturated heterocycles. The van der Waals surface area contributed by atoms with Crippen molar-refractivity contribution in [3.05, 3.63) is 33.1 Å². The Bertz CT molecular complexity index is 2920. The van der Waals surface area contributed by atoms with E-state index < -0.39 is 162 Å². The highest BCUT2D eigenvalue weighted by molar-refractivity contribution is 7.60. The zero-order chi connectivity index (χ0) is 68.0. The summed E-state index contributed by atoms with van der Waals surface area (Å²) in [4.78, 5) is 47.1. The summed E-state index contributed by atoms with van der Waals surface area (Å²) in [6.07, 6.45) is -10.7. The smallest absolute Gasteiger partial charge is 0.478 e. The second-order valence-electron chi connectivity index (χ2n) is 23.0. The molecule has 27 atom stereocenters. The Labute approximate surface area is 525 Å². The van der Waals surface area contributed by atoms with Crippen molar-refractivity contribution in [3.63, 3.8) is 0 Å². The highest BCUT2D eigenvalue weighted by Crippen LogP contribution is 2.59. The third kappa shape index (κ3) is 19.2. The molecule has 0 bridgehead atoms. The molecule has 37 nitrogen and oxygen atoms in total. The van der Waals surface area contributed by atoms with Gasteiger partial charge < -0.3 is 137 Å². The summed E-state index contributed by atoms with van der Waals surface area (Å²) < 4.78 is 126. The Hall–Kier alpha value is -3.42. The maximum atomic E-state index is 12.2. The summed E-state index contributed by atoms with van der Waals surface area (Å²) in [6, 6.07) is 0.925. The van der Waals surface area contributed by atoms with E-state index in [1.807, 2.05) is 53.5 Å². The lowest BCUT2D eigenvalue weighted by Crippen LogP contribution is -2.59. The number of aromatic amines is 1. The van der Waals surface area contributed by atoms with Gasteiger partial charge >= 0.3 is 13.5 Å². The molecule has 39 heteroatoms. The number of phosphoric acid groups is 2. The summed E-state index contributed by atoms with van der Waals surface area (Å²) in [7, 11) is -11.4. The highest BCUT2D eigenvalue weighted by atomic mass is 31.3. The zero-order valence-electron chi connectivity index (χ0n) is 50.5. The van der Waals surface area contributed by atoms with Crippen molar-refractivity contribution in [2.24, 2.45) is 0 Å². The van der Waals surface area contributed by atoms with Crippen LogP contribution in [0.5, 0.6) is 0 Å². The van der Waals surface area contributed by atoms with Crippen LogP contribution in [0.3, 0.4) is 0 Å². The largest absolute Gasteiger partial charge is 0.756 e. The number of hydrogen-bond acceptors (Lipinski definition) is 34. The standard InChI is InChI=1S/C18H26N2O17P2.C15H22O6.C11H18O6.C9H14O6/c1-2-5-32-6-8-11(22)13(24)15(26)17(35-8)36-39(30,31)37-38(28,29)33-7-9-12(23)14(25)16(34-9)20-4-3-10(21)19-18(20)27;1-6-7-16-8-9-10-11(19-14(2,3)18-10)12-13(17-9)21-15(4,5)20-12;1-5-13-7-6(4-12)15-10-9(8(7)14-5)16-11(2,3)17-10;1-2-3-14-4-5-6(10)7(11)8(12)9(13)15-5/h1,3-4,8-9,11-17,22-26H,5-7H2,(H,28,29)(H,30,31)(H,19,21,27);1,9-13H,7-8H2,2-5H3;5-10,12H,4H2,1-3H3;1,5-13H,3-4H2/p-1/t8?,9-,11+,12+,13+,14?,15?,16-,17?;9?,10-,11-,12?,13+;5?,6?,7-,8-,9?,10+;5?,6-,7-,8?,9?/m1000/s1. The Morgan fingerprint density at radius 1 is 0.565 bits per heavy atom. The molecule has 9 aliphatic heterocycles. The van der Waals surface area contributed by atoms with Crippen molar-refractivity contribution >= 4 is 15.6 Å². The third-order valence-corrected chi connectivity index (χ3v) is 17.2. The number of nitrogens with one attached hydrogen (secondary N) is 1. The number of phosphoric ester groups is 2. The first-order chi connectivity index (χ1) is 43.0. The van der Waals surface area contributed by atoms with Crippen molar-refractivity contribution in [1.82, 2.24) is 9.55 Å². The third-order valence-electron chi connectivity index (χ3n) is 14.6. The molecule has 0 aliphatic carbocycles. The van der Waals surface area contributed by atoms with Crippen LogP contribution in [0, 0.1) is 37.0 Å². The SMILES string of the molecule is C#CCOCC1OC(O)C(O)[C@@H](O)[C@H]1O.C#CCOCC1OC(OP(=O)([O-])OP(=O)(O)OC[C@H]2O[C@@H](n3ccc(=O)[nH]c3=O)C(O)[C@H]2O)C(O)[C@@H](O)[C@H]1O.C#CCOCC1O[C@@H]2OC(C)(C)OC2[C@H]2OC(C)(C)O[C@@H]12.CC1O[C@@H]2C3OC(C)(C)O[C@H]3OC(CO)[C@@H]2O1. The predicted octanol–water partition coefficient (Wildman–Crippen LogP) is -6.31. The summed E-state index contributed by atoms with van der Waals surface area (Å²) in [5, 5.41) is 96.6. The molecule has 0 radical (unpaired) electrons. The van der Waals surface area contributed by atoms with E-state index in [9.17, 15) is 69.4 Å². The van der Waals surface area contributed by atoms with E-state index in [-0.39, 0.29) is 82.1 Å². The molecule has 0 saturated carbocycles. The molecule has 0 amide bonds. The molecule has 0 aromatic carbocycles. The van der Waals surface area contributed by atoms with Gasteiger partial charge in [-0.05, 0) is 48.5 Å². The minimum absolute atomic E-state index is 0.0430. The lowest BCUT2D eigenvalue weighted by atomic mass is 9.99. The van der Waals surface area contributed by atoms with Crippen molar-refractivity contribution in [1.29, 1.82) is 0 Å². The molecule has 1 aromatic heterocycles. The van der Waals surface area contributed by atoms with Gasteiger partial charge in [0.25, 0.3) is 13.4 Å². The van der Waals surface area contributed by atoms with Crippen LogP contribution in [0.1, 0.15) is 54.7 Å². The van der Waals surface area contributed by atoms with Crippen LogP contribution in [0.15, 0.2) is 21.9 Å². The first-order valence-corrected chi connectivity index (χ1v) is 31.4. The molecular weight excluding hydrogens is 1290 g/mol. The average molecular weight is 1370 g/mol. The van der Waals surface area contributed by atoms with Crippen LogP contribution in [-0.2, 0) is 98.3 Å². The average Bonchev–Trinajstić information content (AvgIpc) is 1.60. The van der Waals surface area contributed by atoms with Gasteiger partial charge in [0.2, 0.25) is 0 Å². The predicted molar refractivity (Wildman–Crippen MR) is 295 cm³/mol. The minimum Gasteiger partial charge on any atom is -0.756 e. The second-order valence-corrected chi connectivity index (χ2v) is 25.9. The van der Waals surface area contributed by atoms with Crippen molar-refractivity contribution in [2.45, 2.75) is 219 Å². The van der Waals surface area contributed by atoms with Crippen LogP contribution in [0.2, 0.25) is 0 Å². The first kappa shape index (κ1) is 76.0. The number of rotatable bonds is 18. The Morgan fingerprint density at radius 2 is 1.03 bits per heavy atom. The summed E-state index contributed by atoms with van der Waals surface area (Å²) in [5.41, 5.74) is -1.76. The van der Waals surface area contributed by atoms with E-state index in [0.717, 1.165) is 16.8 Å². The Kier molecular flexibility index (Phi) is 26.3. The fourth-order valence-corrected chi connectivity index (χ4v) is 12.7. The Morgan fingerprint density at radius 3 is 1.59 bits per heavy atom. The number of terminal acetylenes is 3. The van der Waals surface area contributed by atoms with E-state index in [4.69, 9.17) is 105 Å². The number of aliphatic hydroxyl groups excluding tert-OH is 10. The molecular formula is C53H79N2O35P2-. The van der Waals surface area contributed by atoms with Crippen molar-refractivity contribution in [3.8, 4) is 37.0 Å². The fraction of sp³-hybridized carbons (Fsp3) is 0.811. The van der Waals surface area contributed by atoms with E-state index in [0.29, 0.717) is 6.61 Å². The van der Waals surface area contributed by atoms with Crippen molar-refractivity contribution in [2.75, 3.05) is 52.9 Å². The fourth-order valence-electron chi connectivity index (χ4n) is 10.6. The maximum Gasteiger partial charge on any atom is 0.478 e. The molecule has 12 N–H and O–H groups in total. The van der Waals surface area contributed by atoms with E-state index in [1.54, 1.807) is 0 Å². The number of hydrogen-bond donors (Lipinski definition) is 12. The monoisotopic (exact) mass is 1370 g/mol. The minimum atomic E-state index is -5.86. The quantitative estimate of drug-likeness (QED) is 0.0369. The molecule has 9 aliphatic rings. The van der Waals surface area contributed by atoms with Crippen molar-refractivity contribution < 1.29 is 159 Å². The van der Waals surface area contributed by atoms with Crippen LogP contribution >= 0.6 is 15.6 Å². The molecule has 0 spiro atoms. The van der Waals surface area contributed by atoms with Gasteiger partial charge in [0, 0.05) is 12.3 Å². The van der Waals surface area contributed by atoms with Gasteiger partial charge in [-0.25, -0.2) is 13.7 Å². The highest BCUT2D eigenvalue weighted by Gasteiger charge is 2.62. The van der Waals surface area contributed by atoms with Gasteiger partial charge in [0.15, 0.2) is 55.0 Å². The molecule has 14 unspecified atom stereocenters. The van der Waals surface area contributed by atoms with Gasteiger partial charge in [0.1, 0.15) is 136 Å². The molecule has 1 aromatic rings. The number of aliphatic hydroxyl groups is 10. The number of nitrogens with zero attached hydrogens (tertiary/aromatic N) is 1. The first-order valence-electron chi connectivity index (χ1n) is 28.5. The molecule has 522 valence electrons. The maximum absolute atomic E-state index is 12.2. The second kappa shape index (κ2) is 31.8. The van der Waals surface area contributed by atoms with Gasteiger partial charge in [-0.2, -0.15) is 0 Å². The Balaban J connectivity index is 0.000000189. The number of fused-ring (bicyclic) bond motifs is 6. The van der Waals surface area contributed by atoms with Gasteiger partial charge in [-0.3, -0.25) is 28.0 Å². The van der Waals surface area contributed by atoms with Crippen LogP contribution < -0.4 is 16.1 Å². The van der Waals surface area contributed by atoms with Crippen LogP contribution in [0.25, 0.3) is 0 Å². The van der Waals surface area contributed by atoms with Crippen LogP contribution in [-0.4, -0.2) is 283 Å². The summed E-state index contributed by atoms with van der Waals surface area (Å²) >= 11 is 0. The molecule has 10 rings (SSSR count). The summed E-state index contributed by atoms with van der Waals surface area (Å²) in [5.74, 6) is 4.68. The van der Waals surface area contributed by atoms with E-state index in [1.165, 1.54) is 0 Å². The van der Waals surface area contributed by atoms with Gasteiger partial charge in [0.05, 0.1) is 33.0 Å². The summed E-state index contributed by atoms with van der Waals surface area (Å²) in [6.45, 7) is 11.6. The van der Waals surface area contributed by atoms with Gasteiger partial charge in [-0.1, -0.05) is 17.8 Å². The number of H-pyrrole nitrogens is 1. The molecule has 92 heavy (non-hydrogen) atoms.